The maximum Gasteiger partial charge on any atom is 0.306 e. The van der Waals surface area contributed by atoms with Gasteiger partial charge in [0.25, 0.3) is 0 Å². The van der Waals surface area contributed by atoms with Gasteiger partial charge in [-0.2, -0.15) is 0 Å². The summed E-state index contributed by atoms with van der Waals surface area (Å²) in [5.74, 6) is -0.841. The molecule has 1 atom stereocenters. The Balaban J connectivity index is 4.24. The van der Waals surface area contributed by atoms with Crippen LogP contribution >= 0.6 is 0 Å². The molecule has 0 bridgehead atoms. The molecule has 0 N–H and O–H groups in total. The third-order valence-electron chi connectivity index (χ3n) is 12.1. The van der Waals surface area contributed by atoms with Crippen molar-refractivity contribution in [2.24, 2.45) is 0 Å². The van der Waals surface area contributed by atoms with Crippen molar-refractivity contribution in [3.63, 3.8) is 0 Å². The van der Waals surface area contributed by atoms with E-state index in [0.29, 0.717) is 19.3 Å². The minimum absolute atomic E-state index is 0.0617. The van der Waals surface area contributed by atoms with Gasteiger partial charge in [0.2, 0.25) is 0 Å². The Morgan fingerprint density at radius 3 is 0.678 bits per heavy atom. The van der Waals surface area contributed by atoms with Crippen LogP contribution in [0.4, 0.5) is 0 Å². The molecule has 0 aliphatic rings. The van der Waals surface area contributed by atoms with Gasteiger partial charge in [-0.3, -0.25) is 14.4 Å². The summed E-state index contributed by atoms with van der Waals surface area (Å²) in [4.78, 5) is 37.9. The lowest BCUT2D eigenvalue weighted by Gasteiger charge is -2.18. The Morgan fingerprint density at radius 2 is 0.458 bits per heavy atom. The predicted octanol–water partition coefficient (Wildman–Crippen LogP) is 17.2. The summed E-state index contributed by atoms with van der Waals surface area (Å²) in [6, 6.07) is 0. The van der Waals surface area contributed by atoms with Gasteiger partial charge in [-0.1, -0.05) is 265 Å². The number of ether oxygens (including phenoxy) is 3. The van der Waals surface area contributed by atoms with E-state index in [1.54, 1.807) is 0 Å². The van der Waals surface area contributed by atoms with Gasteiger partial charge in [-0.05, 0) is 19.3 Å². The molecule has 0 aromatic rings. The van der Waals surface area contributed by atoms with Crippen LogP contribution in [0, 0.1) is 0 Å². The molecule has 0 aromatic carbocycles. The standard InChI is InChI=1S/C53H102O6/c1-4-7-10-13-16-19-22-24-25-26-27-28-29-32-34-37-40-43-46-52(55)58-49-50(48-57-51(54)45-42-39-36-33-30-21-18-15-12-9-6-3)59-53(56)47-44-41-38-35-31-23-20-17-14-11-8-5-2/h50H,4-49H2,1-3H3/t50-/m1/s1. The molecule has 0 unspecified atom stereocenters. The minimum Gasteiger partial charge on any atom is -0.462 e. The lowest BCUT2D eigenvalue weighted by Crippen LogP contribution is -2.30. The van der Waals surface area contributed by atoms with E-state index in [2.05, 4.69) is 20.8 Å². The summed E-state index contributed by atoms with van der Waals surface area (Å²) in [5.41, 5.74) is 0. The number of unbranched alkanes of at least 4 members (excludes halogenated alkanes) is 38. The van der Waals surface area contributed by atoms with Gasteiger partial charge in [0.1, 0.15) is 13.2 Å². The highest BCUT2D eigenvalue weighted by Crippen LogP contribution is 2.17. The third-order valence-corrected chi connectivity index (χ3v) is 12.1. The largest absolute Gasteiger partial charge is 0.462 e. The van der Waals surface area contributed by atoms with Crippen molar-refractivity contribution in [1.82, 2.24) is 0 Å². The van der Waals surface area contributed by atoms with Crippen LogP contribution < -0.4 is 0 Å². The highest BCUT2D eigenvalue weighted by Gasteiger charge is 2.19. The first kappa shape index (κ1) is 57.4. The van der Waals surface area contributed by atoms with Gasteiger partial charge in [-0.15, -0.1) is 0 Å². The zero-order valence-electron chi connectivity index (χ0n) is 40.1. The van der Waals surface area contributed by atoms with Crippen LogP contribution in [-0.2, 0) is 28.6 Å². The van der Waals surface area contributed by atoms with E-state index in [1.807, 2.05) is 0 Å². The van der Waals surface area contributed by atoms with Crippen molar-refractivity contribution in [2.45, 2.75) is 309 Å². The summed E-state index contributed by atoms with van der Waals surface area (Å²) < 4.78 is 16.8. The molecule has 0 saturated carbocycles. The van der Waals surface area contributed by atoms with Crippen LogP contribution in [0.3, 0.4) is 0 Å². The summed E-state index contributed by atoms with van der Waals surface area (Å²) in [6.45, 7) is 6.68. The highest BCUT2D eigenvalue weighted by molar-refractivity contribution is 5.71. The lowest BCUT2D eigenvalue weighted by molar-refractivity contribution is -0.167. The quantitative estimate of drug-likeness (QED) is 0.0345. The third kappa shape index (κ3) is 47.3. The first-order valence-electron chi connectivity index (χ1n) is 26.5. The first-order chi connectivity index (χ1) is 29.0. The van der Waals surface area contributed by atoms with Crippen molar-refractivity contribution in [1.29, 1.82) is 0 Å². The number of hydrogen-bond acceptors (Lipinski definition) is 6. The Hall–Kier alpha value is -1.59. The number of carbonyl (C=O) groups excluding carboxylic acids is 3. The SMILES string of the molecule is CCCCCCCCCCCCCCCCCCCCC(=O)OC[C@@H](COC(=O)CCCCCCCCCCCCC)OC(=O)CCCCCCCCCCCCCC. The average Bonchev–Trinajstić information content (AvgIpc) is 3.23. The fraction of sp³-hybridized carbons (Fsp3) is 0.943. The maximum absolute atomic E-state index is 12.8. The Kier molecular flexibility index (Phi) is 47.7. The maximum atomic E-state index is 12.8. The van der Waals surface area contributed by atoms with Gasteiger partial charge in [-0.25, -0.2) is 0 Å². The van der Waals surface area contributed by atoms with E-state index >= 15 is 0 Å². The molecule has 0 heterocycles. The zero-order chi connectivity index (χ0) is 43.0. The van der Waals surface area contributed by atoms with E-state index < -0.39 is 6.10 Å². The van der Waals surface area contributed by atoms with Gasteiger partial charge in [0.15, 0.2) is 6.10 Å². The molecule has 0 amide bonds. The molecule has 6 nitrogen and oxygen atoms in total. The monoisotopic (exact) mass is 835 g/mol. The second-order valence-corrected chi connectivity index (χ2v) is 18.2. The Morgan fingerprint density at radius 1 is 0.271 bits per heavy atom. The van der Waals surface area contributed by atoms with Crippen LogP contribution in [0.25, 0.3) is 0 Å². The van der Waals surface area contributed by atoms with Gasteiger partial charge < -0.3 is 14.2 Å². The van der Waals surface area contributed by atoms with Crippen LogP contribution in [0.2, 0.25) is 0 Å². The molecule has 0 aromatic heterocycles. The van der Waals surface area contributed by atoms with Crippen LogP contribution in [-0.4, -0.2) is 37.2 Å². The summed E-state index contributed by atoms with van der Waals surface area (Å²) >= 11 is 0. The highest BCUT2D eigenvalue weighted by atomic mass is 16.6. The predicted molar refractivity (Wildman–Crippen MR) is 252 cm³/mol. The van der Waals surface area contributed by atoms with E-state index in [-0.39, 0.29) is 31.1 Å². The summed E-state index contributed by atoms with van der Waals surface area (Å²) in [7, 11) is 0. The molecule has 350 valence electrons. The molecule has 0 saturated heterocycles. The molecule has 0 spiro atoms. The average molecular weight is 835 g/mol. The molecule has 59 heavy (non-hydrogen) atoms. The number of carbonyl (C=O) groups is 3. The fourth-order valence-electron chi connectivity index (χ4n) is 8.09. The molecule has 6 heteroatoms. The molecule has 0 radical (unpaired) electrons. The van der Waals surface area contributed by atoms with E-state index in [9.17, 15) is 14.4 Å². The van der Waals surface area contributed by atoms with Crippen LogP contribution in [0.5, 0.6) is 0 Å². The number of hydrogen-bond donors (Lipinski definition) is 0. The fourth-order valence-corrected chi connectivity index (χ4v) is 8.09. The van der Waals surface area contributed by atoms with E-state index in [0.717, 1.165) is 57.8 Å². The summed E-state index contributed by atoms with van der Waals surface area (Å²) in [6.07, 6.45) is 52.3. The topological polar surface area (TPSA) is 78.9 Å². The van der Waals surface area contributed by atoms with Crippen molar-refractivity contribution < 1.29 is 28.6 Å². The van der Waals surface area contributed by atoms with Crippen LogP contribution in [0.15, 0.2) is 0 Å². The normalized spacial score (nSPS) is 11.8. The number of rotatable bonds is 49. The summed E-state index contributed by atoms with van der Waals surface area (Å²) in [5, 5.41) is 0. The zero-order valence-corrected chi connectivity index (χ0v) is 40.1. The molecule has 0 aliphatic carbocycles. The molecular formula is C53H102O6. The Bertz CT molecular complexity index is 874. The van der Waals surface area contributed by atoms with Crippen molar-refractivity contribution in [3.8, 4) is 0 Å². The second-order valence-electron chi connectivity index (χ2n) is 18.2. The first-order valence-corrected chi connectivity index (χ1v) is 26.5. The van der Waals surface area contributed by atoms with Crippen molar-refractivity contribution in [3.05, 3.63) is 0 Å². The lowest BCUT2D eigenvalue weighted by atomic mass is 10.0. The van der Waals surface area contributed by atoms with Gasteiger partial charge in [0, 0.05) is 19.3 Å². The van der Waals surface area contributed by atoms with Gasteiger partial charge >= 0.3 is 17.9 Å². The van der Waals surface area contributed by atoms with Crippen molar-refractivity contribution in [2.75, 3.05) is 13.2 Å². The van der Waals surface area contributed by atoms with Crippen molar-refractivity contribution >= 4 is 17.9 Å². The second kappa shape index (κ2) is 49.1. The Labute approximate surface area is 368 Å². The van der Waals surface area contributed by atoms with E-state index in [4.69, 9.17) is 14.2 Å². The minimum atomic E-state index is -0.759. The van der Waals surface area contributed by atoms with Crippen LogP contribution in [0.1, 0.15) is 303 Å². The smallest absolute Gasteiger partial charge is 0.306 e. The number of esters is 3. The molecule has 0 rings (SSSR count). The van der Waals surface area contributed by atoms with E-state index in [1.165, 1.54) is 205 Å². The van der Waals surface area contributed by atoms with Gasteiger partial charge in [0.05, 0.1) is 0 Å². The molecule has 0 aliphatic heterocycles. The molecular weight excluding hydrogens is 733 g/mol. The molecule has 0 fully saturated rings.